The van der Waals surface area contributed by atoms with E-state index >= 15 is 0 Å². The molecule has 4 rings (SSSR count). The maximum absolute atomic E-state index is 13.3. The van der Waals surface area contributed by atoms with Crippen molar-refractivity contribution in [3.63, 3.8) is 0 Å². The highest BCUT2D eigenvalue weighted by molar-refractivity contribution is 6.33. The Morgan fingerprint density at radius 3 is 2.24 bits per heavy atom. The van der Waals surface area contributed by atoms with Gasteiger partial charge >= 0.3 is 12.1 Å². The zero-order valence-corrected chi connectivity index (χ0v) is 23.6. The fourth-order valence-corrected chi connectivity index (χ4v) is 4.35. The van der Waals surface area contributed by atoms with Gasteiger partial charge in [-0.2, -0.15) is 18.3 Å². The Bertz CT molecular complexity index is 1550. The number of amides is 1. The second-order valence-electron chi connectivity index (χ2n) is 9.46. The smallest absolute Gasteiger partial charge is 0.475 e. The Balaban J connectivity index is 0.000000616. The highest BCUT2D eigenvalue weighted by atomic mass is 35.5. The fourth-order valence-electron chi connectivity index (χ4n) is 4.12. The molecule has 0 radical (unpaired) electrons. The quantitative estimate of drug-likeness (QED) is 0.273. The first-order valence-electron chi connectivity index (χ1n) is 13.1. The van der Waals surface area contributed by atoms with E-state index in [1.54, 1.807) is 21.3 Å². The molecule has 0 aliphatic rings. The summed E-state index contributed by atoms with van der Waals surface area (Å²) >= 11 is 6.27. The summed E-state index contributed by atoms with van der Waals surface area (Å²) in [6, 6.07) is 19.1. The molecule has 4 aromatic rings. The van der Waals surface area contributed by atoms with Crippen molar-refractivity contribution < 1.29 is 27.9 Å². The first kappa shape index (κ1) is 32.4. The van der Waals surface area contributed by atoms with Crippen LogP contribution in [-0.2, 0) is 17.8 Å². The van der Waals surface area contributed by atoms with Crippen LogP contribution in [0.3, 0.4) is 0 Å². The van der Waals surface area contributed by atoms with Gasteiger partial charge in [-0.25, -0.2) is 9.31 Å². The maximum Gasteiger partial charge on any atom is 0.490 e. The molecule has 224 valence electrons. The summed E-state index contributed by atoms with van der Waals surface area (Å²) in [6.07, 6.45) is -1.47. The number of aromatic nitrogens is 3. The van der Waals surface area contributed by atoms with Gasteiger partial charge in [-0.15, -0.1) is 0 Å². The molecule has 0 fully saturated rings. The Kier molecular flexibility index (Phi) is 11.3. The van der Waals surface area contributed by atoms with Crippen LogP contribution in [0.25, 0.3) is 5.52 Å². The molecule has 0 aliphatic carbocycles. The average molecular weight is 606 g/mol. The van der Waals surface area contributed by atoms with E-state index in [2.05, 4.69) is 0 Å². The Morgan fingerprint density at radius 1 is 1.02 bits per heavy atom. The predicted molar refractivity (Wildman–Crippen MR) is 153 cm³/mol. The normalized spacial score (nSPS) is 11.2. The number of carboxylic acid groups (broad SMARTS) is 1. The summed E-state index contributed by atoms with van der Waals surface area (Å²) in [4.78, 5) is 37.2. The fraction of sp³-hybridized carbons (Fsp3) is 0.310. The van der Waals surface area contributed by atoms with Gasteiger partial charge in [-0.1, -0.05) is 59.6 Å². The molecule has 1 amide bonds. The van der Waals surface area contributed by atoms with Gasteiger partial charge in [-0.05, 0) is 50.1 Å². The minimum atomic E-state index is -5.08. The van der Waals surface area contributed by atoms with E-state index in [0.717, 1.165) is 17.5 Å². The highest BCUT2D eigenvalue weighted by Gasteiger charge is 2.38. The molecule has 0 saturated heterocycles. The minimum absolute atomic E-state index is 0.0132. The molecule has 0 atom stereocenters. The molecule has 0 aliphatic heterocycles. The summed E-state index contributed by atoms with van der Waals surface area (Å²) in [6.45, 7) is 4.04. The van der Waals surface area contributed by atoms with Gasteiger partial charge in [-0.3, -0.25) is 14.2 Å². The molecular formula is C29H31ClF3N5O4. The summed E-state index contributed by atoms with van der Waals surface area (Å²) in [5, 5.41) is 12.2. The second kappa shape index (κ2) is 14.6. The van der Waals surface area contributed by atoms with Crippen molar-refractivity contribution in [2.75, 3.05) is 19.6 Å². The third kappa shape index (κ3) is 8.67. The molecule has 2 aromatic carbocycles. The molecule has 9 nitrogen and oxygen atoms in total. The molecule has 42 heavy (non-hydrogen) atoms. The van der Waals surface area contributed by atoms with E-state index in [0.29, 0.717) is 60.9 Å². The third-order valence-corrected chi connectivity index (χ3v) is 6.58. The number of carbonyl (C=O) groups excluding carboxylic acids is 1. The lowest BCUT2D eigenvalue weighted by Gasteiger charge is -2.23. The van der Waals surface area contributed by atoms with Crippen LogP contribution in [0.2, 0.25) is 5.02 Å². The number of rotatable bonds is 10. The number of alkyl halides is 3. The maximum atomic E-state index is 13.3. The monoisotopic (exact) mass is 605 g/mol. The van der Waals surface area contributed by atoms with Crippen molar-refractivity contribution in [1.29, 1.82) is 0 Å². The summed E-state index contributed by atoms with van der Waals surface area (Å²) in [5.74, 6) is -2.12. The van der Waals surface area contributed by atoms with E-state index in [-0.39, 0.29) is 11.5 Å². The van der Waals surface area contributed by atoms with Gasteiger partial charge in [0.05, 0.1) is 11.6 Å². The van der Waals surface area contributed by atoms with E-state index in [9.17, 15) is 22.8 Å². The predicted octanol–water partition coefficient (Wildman–Crippen LogP) is 4.56. The molecule has 2 aromatic heterocycles. The van der Waals surface area contributed by atoms with Gasteiger partial charge in [0.15, 0.2) is 0 Å². The third-order valence-electron chi connectivity index (χ3n) is 6.27. The number of hydrogen-bond acceptors (Lipinski definition) is 5. The average Bonchev–Trinajstić information content (AvgIpc) is 3.33. The number of benzene rings is 2. The number of fused-ring (bicyclic) bond motifs is 1. The van der Waals surface area contributed by atoms with Crippen molar-refractivity contribution in [3.8, 4) is 0 Å². The summed E-state index contributed by atoms with van der Waals surface area (Å²) < 4.78 is 35.0. The van der Waals surface area contributed by atoms with Crippen LogP contribution >= 0.6 is 11.6 Å². The van der Waals surface area contributed by atoms with Gasteiger partial charge in [0.25, 0.3) is 11.5 Å². The topological polar surface area (TPSA) is 123 Å². The molecule has 0 bridgehead atoms. The molecule has 3 N–H and O–H groups in total. The zero-order chi connectivity index (χ0) is 30.9. The Hall–Kier alpha value is -4.16. The van der Waals surface area contributed by atoms with Crippen molar-refractivity contribution in [2.45, 2.75) is 38.9 Å². The lowest BCUT2D eigenvalue weighted by Crippen LogP contribution is -2.34. The van der Waals surface area contributed by atoms with E-state index < -0.39 is 12.1 Å². The van der Waals surface area contributed by atoms with E-state index in [4.69, 9.17) is 32.3 Å². The van der Waals surface area contributed by atoms with Crippen LogP contribution in [0.4, 0.5) is 13.2 Å². The van der Waals surface area contributed by atoms with Crippen LogP contribution in [0.1, 0.15) is 40.2 Å². The number of nitrogens with two attached hydrogens (primary N) is 1. The number of carbonyl (C=O) groups is 2. The largest absolute Gasteiger partial charge is 0.490 e. The van der Waals surface area contributed by atoms with Crippen LogP contribution in [0.5, 0.6) is 0 Å². The molecular weight excluding hydrogens is 575 g/mol. The van der Waals surface area contributed by atoms with E-state index in [1.165, 1.54) is 0 Å². The first-order valence-corrected chi connectivity index (χ1v) is 13.5. The number of carboxylic acids is 1. The summed E-state index contributed by atoms with van der Waals surface area (Å²) in [5.41, 5.74) is 8.69. The number of halogens is 4. The SMILES string of the molecule is Cc1ccc(C(=O)N(CCCN)CCCc2nn3ccc(Cl)c3c(=O)n2Cc2ccccc2)cc1.O=C(O)C(F)(F)F. The zero-order valence-electron chi connectivity index (χ0n) is 22.9. The van der Waals surface area contributed by atoms with Crippen molar-refractivity contribution in [2.24, 2.45) is 5.73 Å². The molecule has 2 heterocycles. The van der Waals surface area contributed by atoms with Gasteiger partial charge in [0, 0.05) is 31.3 Å². The number of aliphatic carboxylic acids is 1. The highest BCUT2D eigenvalue weighted by Crippen LogP contribution is 2.16. The Labute approximate surface area is 244 Å². The van der Waals surface area contributed by atoms with Crippen LogP contribution in [-0.4, -0.2) is 61.9 Å². The minimum Gasteiger partial charge on any atom is -0.475 e. The van der Waals surface area contributed by atoms with Gasteiger partial charge in [0.1, 0.15) is 11.3 Å². The molecule has 13 heteroatoms. The molecule has 0 unspecified atom stereocenters. The second-order valence-corrected chi connectivity index (χ2v) is 9.86. The van der Waals surface area contributed by atoms with Crippen LogP contribution < -0.4 is 11.3 Å². The lowest BCUT2D eigenvalue weighted by atomic mass is 10.1. The van der Waals surface area contributed by atoms with Crippen LogP contribution in [0.15, 0.2) is 71.7 Å². The van der Waals surface area contributed by atoms with Crippen molar-refractivity contribution >= 4 is 29.0 Å². The molecule has 0 spiro atoms. The summed E-state index contributed by atoms with van der Waals surface area (Å²) in [7, 11) is 0. The van der Waals surface area contributed by atoms with Crippen molar-refractivity contribution in [3.05, 3.63) is 105 Å². The van der Waals surface area contributed by atoms with Gasteiger partial charge in [0.2, 0.25) is 0 Å². The number of hydrogen-bond donors (Lipinski definition) is 2. The van der Waals surface area contributed by atoms with Crippen molar-refractivity contribution in [1.82, 2.24) is 19.1 Å². The first-order chi connectivity index (χ1) is 19.9. The molecule has 0 saturated carbocycles. The number of nitrogens with zero attached hydrogens (tertiary/aromatic N) is 4. The van der Waals surface area contributed by atoms with E-state index in [1.807, 2.05) is 66.4 Å². The van der Waals surface area contributed by atoms with Crippen LogP contribution in [0, 0.1) is 6.92 Å². The van der Waals surface area contributed by atoms with Gasteiger partial charge < -0.3 is 15.7 Å². The Morgan fingerprint density at radius 2 is 1.64 bits per heavy atom. The standard InChI is InChI=1S/C27H30ClN5O2.C2HF3O2/c1-20-10-12-22(13-11-20)26(34)31(17-6-15-29)16-5-9-24-30-33-18-14-23(28)25(33)27(35)32(24)19-21-7-3-2-4-8-21;3-2(4,5)1(6)7/h2-4,7-8,10-14,18H,5-6,9,15-17,19,29H2,1H3;(H,6,7). The lowest BCUT2D eigenvalue weighted by molar-refractivity contribution is -0.192. The number of aryl methyl sites for hydroxylation is 2.